The van der Waals surface area contributed by atoms with Crippen LogP contribution in [0.2, 0.25) is 0 Å². The fourth-order valence-corrected chi connectivity index (χ4v) is 2.17. The molecule has 2 aromatic carbocycles. The number of non-ortho nitro benzene ring substituents is 1. The maximum Gasteiger partial charge on any atom is 0.270 e. The van der Waals surface area contributed by atoms with E-state index in [0.717, 1.165) is 22.3 Å². The van der Waals surface area contributed by atoms with Gasteiger partial charge in [0.05, 0.1) is 10.6 Å². The van der Waals surface area contributed by atoms with E-state index in [9.17, 15) is 10.1 Å². The highest BCUT2D eigenvalue weighted by Gasteiger charge is 2.24. The molecule has 3 rings (SSSR count). The van der Waals surface area contributed by atoms with Crippen molar-refractivity contribution in [2.24, 2.45) is 0 Å². The number of benzene rings is 2. The van der Waals surface area contributed by atoms with Crippen molar-refractivity contribution in [1.82, 2.24) is 0 Å². The molecule has 17 heavy (non-hydrogen) atoms. The van der Waals surface area contributed by atoms with Crippen LogP contribution in [-0.4, -0.2) is 10.6 Å². The van der Waals surface area contributed by atoms with Gasteiger partial charge in [0.2, 0.25) is 0 Å². The van der Waals surface area contributed by atoms with Gasteiger partial charge in [0.1, 0.15) is 0 Å². The van der Waals surface area contributed by atoms with Crippen molar-refractivity contribution >= 4 is 11.4 Å². The van der Waals surface area contributed by atoms with Gasteiger partial charge in [-0.05, 0) is 17.2 Å². The number of rotatable bonds is 1. The molecule has 0 saturated heterocycles. The molecule has 0 aliphatic heterocycles. The summed E-state index contributed by atoms with van der Waals surface area (Å²) < 4.78 is 0. The van der Waals surface area contributed by atoms with E-state index >= 15 is 0 Å². The predicted octanol–water partition coefficient (Wildman–Crippen LogP) is 2.99. The van der Waals surface area contributed by atoms with Gasteiger partial charge in [-0.15, -0.1) is 0 Å². The molecule has 0 amide bonds. The molecule has 1 aliphatic carbocycles. The third kappa shape index (κ3) is 1.27. The third-order valence-electron chi connectivity index (χ3n) is 2.97. The Balaban J connectivity index is 2.31. The molecular weight excluding hydrogens is 216 g/mol. The molecule has 0 fully saturated rings. The zero-order valence-electron chi connectivity index (χ0n) is 8.81. The summed E-state index contributed by atoms with van der Waals surface area (Å²) in [6, 6.07) is 12.1. The minimum Gasteiger partial charge on any atom is -0.300 e. The van der Waals surface area contributed by atoms with Gasteiger partial charge in [0.15, 0.2) is 0 Å². The van der Waals surface area contributed by atoms with E-state index in [0.29, 0.717) is 5.71 Å². The molecule has 0 radical (unpaired) electrons. The first-order chi connectivity index (χ1) is 8.18. The van der Waals surface area contributed by atoms with E-state index in [-0.39, 0.29) is 5.69 Å². The van der Waals surface area contributed by atoms with Crippen molar-refractivity contribution in [2.75, 3.05) is 0 Å². The molecule has 0 bridgehead atoms. The lowest BCUT2D eigenvalue weighted by atomic mass is 10.1. The van der Waals surface area contributed by atoms with Crippen molar-refractivity contribution < 1.29 is 4.92 Å². The monoisotopic (exact) mass is 224 g/mol. The van der Waals surface area contributed by atoms with Crippen LogP contribution < -0.4 is 0 Å². The molecule has 4 nitrogen and oxygen atoms in total. The fraction of sp³-hybridized carbons (Fsp3) is 0. The molecule has 0 aromatic heterocycles. The summed E-state index contributed by atoms with van der Waals surface area (Å²) in [6.07, 6.45) is 0. The number of nitrogens with zero attached hydrogens (tertiary/aromatic N) is 1. The van der Waals surface area contributed by atoms with Crippen LogP contribution in [0.5, 0.6) is 0 Å². The Hall–Kier alpha value is -2.49. The zero-order valence-corrected chi connectivity index (χ0v) is 8.81. The average molecular weight is 224 g/mol. The summed E-state index contributed by atoms with van der Waals surface area (Å²) >= 11 is 0. The zero-order chi connectivity index (χ0) is 12.0. The van der Waals surface area contributed by atoms with Gasteiger partial charge in [-0.3, -0.25) is 15.5 Å². The molecule has 0 heterocycles. The highest BCUT2D eigenvalue weighted by atomic mass is 16.6. The SMILES string of the molecule is N=C1c2ccccc2-c2cc([N+](=O)[O-])ccc21. The van der Waals surface area contributed by atoms with Crippen LogP contribution in [-0.2, 0) is 0 Å². The van der Waals surface area contributed by atoms with Crippen LogP contribution in [0.25, 0.3) is 11.1 Å². The van der Waals surface area contributed by atoms with Gasteiger partial charge in [0.25, 0.3) is 5.69 Å². The Kier molecular flexibility index (Phi) is 1.86. The molecule has 0 spiro atoms. The number of nitro benzene ring substituents is 1. The molecule has 1 aliphatic rings. The molecular formula is C13H8N2O2. The first-order valence-corrected chi connectivity index (χ1v) is 5.15. The Morgan fingerprint density at radius 2 is 1.59 bits per heavy atom. The smallest absolute Gasteiger partial charge is 0.270 e. The van der Waals surface area contributed by atoms with Crippen LogP contribution >= 0.6 is 0 Å². The predicted molar refractivity (Wildman–Crippen MR) is 64.5 cm³/mol. The largest absolute Gasteiger partial charge is 0.300 e. The Bertz CT molecular complexity index is 662. The number of hydrogen-bond acceptors (Lipinski definition) is 3. The maximum absolute atomic E-state index is 10.7. The van der Waals surface area contributed by atoms with E-state index in [1.54, 1.807) is 6.07 Å². The summed E-state index contributed by atoms with van der Waals surface area (Å²) in [5, 5.41) is 18.8. The van der Waals surface area contributed by atoms with Gasteiger partial charge >= 0.3 is 0 Å². The molecule has 4 heteroatoms. The minimum absolute atomic E-state index is 0.0632. The highest BCUT2D eigenvalue weighted by Crippen LogP contribution is 2.38. The van der Waals surface area contributed by atoms with Crippen LogP contribution in [0.1, 0.15) is 11.1 Å². The van der Waals surface area contributed by atoms with Crippen LogP contribution in [0, 0.1) is 15.5 Å². The van der Waals surface area contributed by atoms with Gasteiger partial charge < -0.3 is 0 Å². The summed E-state index contributed by atoms with van der Waals surface area (Å²) in [5.74, 6) is 0. The minimum atomic E-state index is -0.412. The van der Waals surface area contributed by atoms with Crippen LogP contribution in [0.15, 0.2) is 42.5 Å². The summed E-state index contributed by atoms with van der Waals surface area (Å²) in [4.78, 5) is 10.3. The number of nitrogens with one attached hydrogen (secondary N) is 1. The van der Waals surface area contributed by atoms with E-state index in [2.05, 4.69) is 0 Å². The lowest BCUT2D eigenvalue weighted by molar-refractivity contribution is -0.384. The second kappa shape index (κ2) is 3.25. The average Bonchev–Trinajstić information content (AvgIpc) is 2.64. The van der Waals surface area contributed by atoms with E-state index in [4.69, 9.17) is 5.41 Å². The molecule has 0 unspecified atom stereocenters. The first kappa shape index (κ1) is 9.72. The summed E-state index contributed by atoms with van der Waals surface area (Å²) in [7, 11) is 0. The van der Waals surface area contributed by atoms with E-state index in [1.807, 2.05) is 24.3 Å². The van der Waals surface area contributed by atoms with E-state index in [1.165, 1.54) is 12.1 Å². The van der Waals surface area contributed by atoms with E-state index < -0.39 is 4.92 Å². The van der Waals surface area contributed by atoms with Gasteiger partial charge in [-0.1, -0.05) is 24.3 Å². The Labute approximate surface area is 97.2 Å². The maximum atomic E-state index is 10.7. The molecule has 82 valence electrons. The van der Waals surface area contributed by atoms with Crippen molar-refractivity contribution in [3.63, 3.8) is 0 Å². The second-order valence-electron chi connectivity index (χ2n) is 3.91. The van der Waals surface area contributed by atoms with Crippen LogP contribution in [0.3, 0.4) is 0 Å². The van der Waals surface area contributed by atoms with Crippen molar-refractivity contribution in [1.29, 1.82) is 5.41 Å². The van der Waals surface area contributed by atoms with Crippen molar-refractivity contribution in [3.8, 4) is 11.1 Å². The third-order valence-corrected chi connectivity index (χ3v) is 2.97. The second-order valence-corrected chi connectivity index (χ2v) is 3.91. The Morgan fingerprint density at radius 3 is 2.29 bits per heavy atom. The Morgan fingerprint density at radius 1 is 0.941 bits per heavy atom. The number of hydrogen-bond donors (Lipinski definition) is 1. The van der Waals surface area contributed by atoms with Crippen molar-refractivity contribution in [3.05, 3.63) is 63.7 Å². The van der Waals surface area contributed by atoms with Crippen LogP contribution in [0.4, 0.5) is 5.69 Å². The first-order valence-electron chi connectivity index (χ1n) is 5.15. The van der Waals surface area contributed by atoms with Crippen molar-refractivity contribution in [2.45, 2.75) is 0 Å². The summed E-state index contributed by atoms with van der Waals surface area (Å²) in [5.41, 5.74) is 3.77. The quantitative estimate of drug-likeness (QED) is 0.510. The molecule has 1 N–H and O–H groups in total. The lowest BCUT2D eigenvalue weighted by Crippen LogP contribution is -1.95. The van der Waals surface area contributed by atoms with Gasteiger partial charge in [-0.2, -0.15) is 0 Å². The molecule has 2 aromatic rings. The topological polar surface area (TPSA) is 67.0 Å². The fourth-order valence-electron chi connectivity index (χ4n) is 2.17. The van der Waals surface area contributed by atoms with Gasteiger partial charge in [-0.25, -0.2) is 0 Å². The number of nitro groups is 1. The standard InChI is InChI=1S/C13H8N2O2/c14-13-10-4-2-1-3-9(10)12-7-8(15(16)17)5-6-11(12)13/h1-7,14H. The van der Waals surface area contributed by atoms with Gasteiger partial charge in [0, 0.05) is 23.3 Å². The normalized spacial score (nSPS) is 12.1. The molecule has 0 saturated carbocycles. The lowest BCUT2D eigenvalue weighted by Gasteiger charge is -1.99. The highest BCUT2D eigenvalue weighted by molar-refractivity contribution is 6.23. The molecule has 0 atom stereocenters. The summed E-state index contributed by atoms with van der Waals surface area (Å²) in [6.45, 7) is 0. The number of fused-ring (bicyclic) bond motifs is 3.